The van der Waals surface area contributed by atoms with Gasteiger partial charge >= 0.3 is 0 Å². The van der Waals surface area contributed by atoms with Gasteiger partial charge in [0, 0.05) is 25.2 Å². The fourth-order valence-corrected chi connectivity index (χ4v) is 6.70. The monoisotopic (exact) mass is 536 g/mol. The van der Waals surface area contributed by atoms with Gasteiger partial charge in [-0.1, -0.05) is 11.3 Å². The van der Waals surface area contributed by atoms with Crippen molar-refractivity contribution < 1.29 is 13.2 Å². The maximum Gasteiger partial charge on any atom is 0.260 e. The van der Waals surface area contributed by atoms with E-state index in [0.717, 1.165) is 36.0 Å². The van der Waals surface area contributed by atoms with Gasteiger partial charge in [0.15, 0.2) is 5.13 Å². The summed E-state index contributed by atoms with van der Waals surface area (Å²) in [4.78, 5) is 22.4. The van der Waals surface area contributed by atoms with Crippen LogP contribution in [0.5, 0.6) is 0 Å². The van der Waals surface area contributed by atoms with E-state index < -0.39 is 10.0 Å². The van der Waals surface area contributed by atoms with Gasteiger partial charge in [-0.05, 0) is 101 Å². The molecule has 0 saturated carbocycles. The van der Waals surface area contributed by atoms with Gasteiger partial charge in [0.1, 0.15) is 0 Å². The minimum atomic E-state index is -3.51. The number of halogens is 1. The second kappa shape index (κ2) is 11.3. The molecule has 0 radical (unpaired) electrons. The molecule has 2 aromatic carbocycles. The highest BCUT2D eigenvalue weighted by molar-refractivity contribution is 7.89. The standard InChI is InChI=1S/C25H32N4O3S2.ClH/c1-18-16-22-23(17-19(18)2)33-25(26-22)29(15-7-12-27(3)4)24(30)20-8-10-21(11-9-20)34(31,32)28-13-5-6-14-28;/h8-11,16-17H,5-7,12-15H2,1-4H3;1H. The lowest BCUT2D eigenvalue weighted by molar-refractivity contribution is 0.0986. The third-order valence-electron chi connectivity index (χ3n) is 6.26. The lowest BCUT2D eigenvalue weighted by Crippen LogP contribution is -2.33. The molecule has 1 aromatic heterocycles. The molecule has 10 heteroatoms. The van der Waals surface area contributed by atoms with Crippen LogP contribution in [0.2, 0.25) is 0 Å². The third kappa shape index (κ3) is 6.03. The lowest BCUT2D eigenvalue weighted by atomic mass is 10.1. The molecule has 0 unspecified atom stereocenters. The van der Waals surface area contributed by atoms with E-state index in [2.05, 4.69) is 30.9 Å². The number of aryl methyl sites for hydroxylation is 2. The Morgan fingerprint density at radius 3 is 2.29 bits per heavy atom. The smallest absolute Gasteiger partial charge is 0.260 e. The van der Waals surface area contributed by atoms with E-state index >= 15 is 0 Å². The Balaban J connectivity index is 0.00000342. The molecule has 190 valence electrons. The van der Waals surface area contributed by atoms with Gasteiger partial charge in [0.2, 0.25) is 10.0 Å². The highest BCUT2D eigenvalue weighted by Gasteiger charge is 2.28. The topological polar surface area (TPSA) is 73.8 Å². The molecule has 1 aliphatic heterocycles. The van der Waals surface area contributed by atoms with Gasteiger partial charge in [-0.25, -0.2) is 13.4 Å². The zero-order valence-electron chi connectivity index (χ0n) is 20.7. The molecule has 1 saturated heterocycles. The quantitative estimate of drug-likeness (QED) is 0.416. The average Bonchev–Trinajstić information content (AvgIpc) is 3.47. The fourth-order valence-electron chi connectivity index (χ4n) is 4.12. The summed E-state index contributed by atoms with van der Waals surface area (Å²) in [6, 6.07) is 10.5. The van der Waals surface area contributed by atoms with Crippen LogP contribution in [-0.4, -0.2) is 68.8 Å². The summed E-state index contributed by atoms with van der Waals surface area (Å²) in [7, 11) is 0.508. The number of nitrogens with zero attached hydrogens (tertiary/aromatic N) is 4. The first-order chi connectivity index (χ1) is 16.2. The number of hydrogen-bond acceptors (Lipinski definition) is 6. The van der Waals surface area contributed by atoms with Crippen LogP contribution >= 0.6 is 23.7 Å². The Morgan fingerprint density at radius 1 is 1.03 bits per heavy atom. The van der Waals surface area contributed by atoms with Crippen molar-refractivity contribution in [3.8, 4) is 0 Å². The largest absolute Gasteiger partial charge is 0.309 e. The Kier molecular flexibility index (Phi) is 8.93. The zero-order valence-corrected chi connectivity index (χ0v) is 23.1. The summed E-state index contributed by atoms with van der Waals surface area (Å²) in [5.74, 6) is -0.170. The van der Waals surface area contributed by atoms with Gasteiger partial charge in [-0.15, -0.1) is 12.4 Å². The van der Waals surface area contributed by atoms with Gasteiger partial charge in [-0.2, -0.15) is 4.31 Å². The van der Waals surface area contributed by atoms with Gasteiger partial charge < -0.3 is 4.90 Å². The van der Waals surface area contributed by atoms with Crippen LogP contribution in [0.1, 0.15) is 40.7 Å². The Morgan fingerprint density at radius 2 is 1.66 bits per heavy atom. The van der Waals surface area contributed by atoms with E-state index in [4.69, 9.17) is 4.98 Å². The van der Waals surface area contributed by atoms with E-state index in [1.807, 2.05) is 14.1 Å². The SMILES string of the molecule is Cc1cc2nc(N(CCCN(C)C)C(=O)c3ccc(S(=O)(=O)N4CCCC4)cc3)sc2cc1C.Cl. The molecule has 0 atom stereocenters. The molecule has 2 heterocycles. The molecule has 35 heavy (non-hydrogen) atoms. The number of carbonyl (C=O) groups is 1. The summed E-state index contributed by atoms with van der Waals surface area (Å²) in [5, 5.41) is 0.664. The van der Waals surface area contributed by atoms with Crippen LogP contribution < -0.4 is 4.90 Å². The number of fused-ring (bicyclic) bond motifs is 1. The molecule has 0 spiro atoms. The molecule has 1 amide bonds. The van der Waals surface area contributed by atoms with E-state index in [1.54, 1.807) is 29.2 Å². The third-order valence-corrected chi connectivity index (χ3v) is 9.21. The van der Waals surface area contributed by atoms with Crippen molar-refractivity contribution >= 4 is 55.0 Å². The van der Waals surface area contributed by atoms with Crippen molar-refractivity contribution in [1.29, 1.82) is 0 Å². The van der Waals surface area contributed by atoms with E-state index in [9.17, 15) is 13.2 Å². The van der Waals surface area contributed by atoms with E-state index in [-0.39, 0.29) is 23.2 Å². The van der Waals surface area contributed by atoms with Gasteiger partial charge in [0.25, 0.3) is 5.91 Å². The minimum absolute atomic E-state index is 0. The molecule has 0 aliphatic carbocycles. The van der Waals surface area contributed by atoms with Crippen molar-refractivity contribution in [2.24, 2.45) is 0 Å². The number of hydrogen-bond donors (Lipinski definition) is 0. The maximum absolute atomic E-state index is 13.6. The fraction of sp³-hybridized carbons (Fsp3) is 0.440. The van der Waals surface area contributed by atoms with Crippen LogP contribution in [0, 0.1) is 13.8 Å². The molecule has 3 aromatic rings. The van der Waals surface area contributed by atoms with Crippen molar-refractivity contribution in [2.75, 3.05) is 45.2 Å². The number of amides is 1. The predicted octanol–water partition coefficient (Wildman–Crippen LogP) is 4.72. The number of thiazole rings is 1. The normalized spacial score (nSPS) is 14.4. The summed E-state index contributed by atoms with van der Waals surface area (Å²) in [6.45, 7) is 6.62. The van der Waals surface area contributed by atoms with Crippen molar-refractivity contribution in [1.82, 2.24) is 14.2 Å². The molecular formula is C25H33ClN4O3S2. The summed E-state index contributed by atoms with van der Waals surface area (Å²) in [5.41, 5.74) is 3.71. The first-order valence-corrected chi connectivity index (χ1v) is 13.9. The minimum Gasteiger partial charge on any atom is -0.309 e. The van der Waals surface area contributed by atoms with Crippen molar-refractivity contribution in [3.63, 3.8) is 0 Å². The van der Waals surface area contributed by atoms with Crippen molar-refractivity contribution in [2.45, 2.75) is 38.0 Å². The highest BCUT2D eigenvalue weighted by Crippen LogP contribution is 2.32. The van der Waals surface area contributed by atoms with Gasteiger partial charge in [0.05, 0.1) is 15.1 Å². The van der Waals surface area contributed by atoms with Crippen LogP contribution in [-0.2, 0) is 10.0 Å². The maximum atomic E-state index is 13.6. The van der Waals surface area contributed by atoms with Crippen molar-refractivity contribution in [3.05, 3.63) is 53.1 Å². The Labute approximate surface area is 218 Å². The predicted molar refractivity (Wildman–Crippen MR) is 146 cm³/mol. The first-order valence-electron chi connectivity index (χ1n) is 11.6. The number of rotatable bonds is 8. The number of carbonyl (C=O) groups excluding carboxylic acids is 1. The molecule has 1 fully saturated rings. The highest BCUT2D eigenvalue weighted by atomic mass is 35.5. The van der Waals surface area contributed by atoms with Crippen LogP contribution in [0.4, 0.5) is 5.13 Å². The van der Waals surface area contributed by atoms with E-state index in [0.29, 0.717) is 30.3 Å². The van der Waals surface area contributed by atoms with Crippen LogP contribution in [0.25, 0.3) is 10.2 Å². The molecule has 7 nitrogen and oxygen atoms in total. The lowest BCUT2D eigenvalue weighted by Gasteiger charge is -2.21. The average molecular weight is 537 g/mol. The summed E-state index contributed by atoms with van der Waals surface area (Å²) < 4.78 is 28.3. The first kappa shape index (κ1) is 27.5. The summed E-state index contributed by atoms with van der Waals surface area (Å²) in [6.07, 6.45) is 2.58. The molecular weight excluding hydrogens is 504 g/mol. The second-order valence-corrected chi connectivity index (χ2v) is 12.1. The van der Waals surface area contributed by atoms with Gasteiger partial charge in [-0.3, -0.25) is 9.69 Å². The number of aromatic nitrogens is 1. The molecule has 1 aliphatic rings. The Bertz CT molecular complexity index is 1250. The number of sulfonamides is 1. The Hall–Kier alpha value is -2.04. The second-order valence-electron chi connectivity index (χ2n) is 9.15. The molecule has 0 N–H and O–H groups in total. The number of anilines is 1. The zero-order chi connectivity index (χ0) is 24.5. The molecule has 0 bridgehead atoms. The molecule has 4 rings (SSSR count). The van der Waals surface area contributed by atoms with Crippen LogP contribution in [0.3, 0.4) is 0 Å². The number of benzene rings is 2. The summed E-state index contributed by atoms with van der Waals surface area (Å²) >= 11 is 1.51. The van der Waals surface area contributed by atoms with Crippen LogP contribution in [0.15, 0.2) is 41.3 Å². The van der Waals surface area contributed by atoms with E-state index in [1.165, 1.54) is 26.8 Å².